The van der Waals surface area contributed by atoms with Crippen LogP contribution in [-0.4, -0.2) is 34.9 Å². The van der Waals surface area contributed by atoms with Gasteiger partial charge in [0.15, 0.2) is 0 Å². The largest absolute Gasteiger partial charge is 0.384 e. The standard InChI is InChI=1S/C10H8N4O3S2/c15-6-2-4-8-3-1-5-9(7-8)19(16,17)12-10-11-13-14-18-10/h1,3,5,7,15H,6H2,(H,11,12,14). The Morgan fingerprint density at radius 3 is 2.95 bits per heavy atom. The highest BCUT2D eigenvalue weighted by atomic mass is 32.2. The number of aliphatic hydroxyl groups excluding tert-OH is 1. The van der Waals surface area contributed by atoms with Crippen LogP contribution in [0.1, 0.15) is 5.56 Å². The van der Waals surface area contributed by atoms with Gasteiger partial charge in [0.25, 0.3) is 10.0 Å². The summed E-state index contributed by atoms with van der Waals surface area (Å²) in [5, 5.41) is 15.5. The first-order chi connectivity index (χ1) is 9.12. The minimum atomic E-state index is -3.74. The summed E-state index contributed by atoms with van der Waals surface area (Å²) in [6, 6.07) is 6.04. The van der Waals surface area contributed by atoms with E-state index < -0.39 is 10.0 Å². The lowest BCUT2D eigenvalue weighted by molar-refractivity contribution is 0.350. The van der Waals surface area contributed by atoms with E-state index in [1.54, 1.807) is 12.1 Å². The SMILES string of the molecule is O=S(=O)(Nc1nnns1)c1cccc(C#CCO)c1. The number of nitrogens with zero attached hydrogens (tertiary/aromatic N) is 3. The van der Waals surface area contributed by atoms with Crippen LogP contribution >= 0.6 is 11.5 Å². The normalized spacial score (nSPS) is 10.6. The number of anilines is 1. The molecule has 0 aliphatic carbocycles. The number of sulfonamides is 1. The molecule has 0 saturated carbocycles. The minimum absolute atomic E-state index is 0.0486. The van der Waals surface area contributed by atoms with Gasteiger partial charge >= 0.3 is 0 Å². The van der Waals surface area contributed by atoms with Gasteiger partial charge in [0.2, 0.25) is 5.13 Å². The monoisotopic (exact) mass is 296 g/mol. The molecule has 2 N–H and O–H groups in total. The second-order valence-corrected chi connectivity index (χ2v) is 5.68. The van der Waals surface area contributed by atoms with Crippen LogP contribution in [0.2, 0.25) is 0 Å². The Kier molecular flexibility index (Phi) is 4.06. The van der Waals surface area contributed by atoms with E-state index in [1.807, 2.05) is 0 Å². The zero-order valence-electron chi connectivity index (χ0n) is 9.44. The van der Waals surface area contributed by atoms with Crippen molar-refractivity contribution in [3.05, 3.63) is 29.8 Å². The van der Waals surface area contributed by atoms with E-state index in [0.29, 0.717) is 5.56 Å². The first kappa shape index (κ1) is 13.4. The smallest absolute Gasteiger partial charge is 0.263 e. The zero-order valence-corrected chi connectivity index (χ0v) is 11.1. The lowest BCUT2D eigenvalue weighted by atomic mass is 10.2. The number of aliphatic hydroxyl groups is 1. The molecule has 0 saturated heterocycles. The highest BCUT2D eigenvalue weighted by molar-refractivity contribution is 7.93. The average molecular weight is 296 g/mol. The first-order valence-electron chi connectivity index (χ1n) is 4.99. The molecule has 7 nitrogen and oxygen atoms in total. The molecule has 98 valence electrons. The maximum Gasteiger partial charge on any atom is 0.263 e. The number of rotatable bonds is 3. The van der Waals surface area contributed by atoms with Crippen molar-refractivity contribution < 1.29 is 13.5 Å². The van der Waals surface area contributed by atoms with Gasteiger partial charge in [0.1, 0.15) is 6.61 Å². The van der Waals surface area contributed by atoms with Crippen molar-refractivity contribution in [3.63, 3.8) is 0 Å². The predicted molar refractivity (Wildman–Crippen MR) is 68.9 cm³/mol. The van der Waals surface area contributed by atoms with E-state index in [-0.39, 0.29) is 16.6 Å². The van der Waals surface area contributed by atoms with Gasteiger partial charge in [-0.2, -0.15) is 0 Å². The molecule has 0 spiro atoms. The molecular weight excluding hydrogens is 288 g/mol. The fourth-order valence-electron chi connectivity index (χ4n) is 1.23. The van der Waals surface area contributed by atoms with E-state index in [1.165, 1.54) is 12.1 Å². The Balaban J connectivity index is 2.30. The Morgan fingerprint density at radius 1 is 1.42 bits per heavy atom. The van der Waals surface area contributed by atoms with Crippen LogP contribution in [0.15, 0.2) is 29.2 Å². The third-order valence-electron chi connectivity index (χ3n) is 1.98. The van der Waals surface area contributed by atoms with Crippen molar-refractivity contribution in [1.82, 2.24) is 14.8 Å². The van der Waals surface area contributed by atoms with Crippen molar-refractivity contribution in [1.29, 1.82) is 0 Å². The highest BCUT2D eigenvalue weighted by Gasteiger charge is 2.16. The second-order valence-electron chi connectivity index (χ2n) is 3.26. The molecule has 0 aliphatic heterocycles. The first-order valence-corrected chi connectivity index (χ1v) is 7.25. The Morgan fingerprint density at radius 2 is 2.26 bits per heavy atom. The molecule has 0 aliphatic rings. The summed E-state index contributed by atoms with van der Waals surface area (Å²) in [6.07, 6.45) is 0. The van der Waals surface area contributed by atoms with Gasteiger partial charge in [-0.1, -0.05) is 27.5 Å². The third kappa shape index (κ3) is 3.47. The fraction of sp³-hybridized carbons (Fsp3) is 0.100. The van der Waals surface area contributed by atoms with Crippen LogP contribution < -0.4 is 4.72 Å². The molecule has 0 amide bonds. The van der Waals surface area contributed by atoms with E-state index in [4.69, 9.17) is 5.11 Å². The molecule has 19 heavy (non-hydrogen) atoms. The Bertz CT molecular complexity index is 717. The van der Waals surface area contributed by atoms with Crippen molar-refractivity contribution in [3.8, 4) is 11.8 Å². The van der Waals surface area contributed by atoms with E-state index in [2.05, 4.69) is 31.4 Å². The summed E-state index contributed by atoms with van der Waals surface area (Å²) in [5.41, 5.74) is 0.493. The van der Waals surface area contributed by atoms with Gasteiger partial charge in [-0.15, -0.1) is 0 Å². The molecule has 0 bridgehead atoms. The summed E-state index contributed by atoms with van der Waals surface area (Å²) in [4.78, 5) is 0.0486. The predicted octanol–water partition coefficient (Wildman–Crippen LogP) is 0.0777. The quantitative estimate of drug-likeness (QED) is 0.777. The van der Waals surface area contributed by atoms with Crippen LogP contribution in [0.4, 0.5) is 5.13 Å². The zero-order chi connectivity index (χ0) is 13.7. The molecular formula is C10H8N4O3S2. The van der Waals surface area contributed by atoms with Gasteiger partial charge in [0.05, 0.1) is 4.90 Å². The molecule has 2 rings (SSSR count). The fourth-order valence-corrected chi connectivity index (χ4v) is 2.86. The Labute approximate surface area is 113 Å². The van der Waals surface area contributed by atoms with E-state index >= 15 is 0 Å². The molecule has 1 aromatic heterocycles. The van der Waals surface area contributed by atoms with Crippen LogP contribution in [0.3, 0.4) is 0 Å². The maximum atomic E-state index is 12.0. The van der Waals surface area contributed by atoms with Crippen molar-refractivity contribution >= 4 is 26.7 Å². The summed E-state index contributed by atoms with van der Waals surface area (Å²) in [5.74, 6) is 5.08. The van der Waals surface area contributed by atoms with Gasteiger partial charge in [0, 0.05) is 17.1 Å². The van der Waals surface area contributed by atoms with Gasteiger partial charge in [-0.3, -0.25) is 4.72 Å². The summed E-state index contributed by atoms with van der Waals surface area (Å²) >= 11 is 0.839. The lowest BCUT2D eigenvalue weighted by Crippen LogP contribution is -2.12. The van der Waals surface area contributed by atoms with E-state index in [0.717, 1.165) is 11.5 Å². The molecule has 0 fully saturated rings. The number of hydrogen-bond donors (Lipinski definition) is 2. The number of benzene rings is 1. The van der Waals surface area contributed by atoms with Crippen molar-refractivity contribution in [2.75, 3.05) is 11.3 Å². The highest BCUT2D eigenvalue weighted by Crippen LogP contribution is 2.16. The molecule has 1 heterocycles. The maximum absolute atomic E-state index is 12.0. The van der Waals surface area contributed by atoms with Gasteiger partial charge in [-0.25, -0.2) is 8.42 Å². The molecule has 2 aromatic rings. The van der Waals surface area contributed by atoms with E-state index in [9.17, 15) is 8.42 Å². The molecule has 1 aromatic carbocycles. The topological polar surface area (TPSA) is 105 Å². The second kappa shape index (κ2) is 5.75. The van der Waals surface area contributed by atoms with Gasteiger partial charge < -0.3 is 5.11 Å². The third-order valence-corrected chi connectivity index (χ3v) is 3.95. The number of nitrogens with one attached hydrogen (secondary N) is 1. The average Bonchev–Trinajstić information content (AvgIpc) is 2.89. The summed E-state index contributed by atoms with van der Waals surface area (Å²) < 4.78 is 29.8. The molecule has 0 radical (unpaired) electrons. The summed E-state index contributed by atoms with van der Waals surface area (Å²) in [7, 11) is -3.74. The van der Waals surface area contributed by atoms with Crippen LogP contribution in [0.25, 0.3) is 0 Å². The van der Waals surface area contributed by atoms with Crippen LogP contribution in [0.5, 0.6) is 0 Å². The number of hydrogen-bond acceptors (Lipinski definition) is 7. The van der Waals surface area contributed by atoms with Crippen molar-refractivity contribution in [2.24, 2.45) is 0 Å². The van der Waals surface area contributed by atoms with Gasteiger partial charge in [-0.05, 0) is 23.4 Å². The lowest BCUT2D eigenvalue weighted by Gasteiger charge is -2.04. The summed E-state index contributed by atoms with van der Waals surface area (Å²) in [6.45, 7) is -0.286. The van der Waals surface area contributed by atoms with Crippen molar-refractivity contribution in [2.45, 2.75) is 4.90 Å². The number of aromatic nitrogens is 3. The Hall–Kier alpha value is -2.02. The molecule has 0 atom stereocenters. The minimum Gasteiger partial charge on any atom is -0.384 e. The van der Waals surface area contributed by atoms with Crippen LogP contribution in [-0.2, 0) is 10.0 Å². The molecule has 0 unspecified atom stereocenters. The molecule has 9 heteroatoms. The van der Waals surface area contributed by atoms with Crippen LogP contribution in [0, 0.1) is 11.8 Å².